The van der Waals surface area contributed by atoms with Crippen molar-refractivity contribution in [2.45, 2.75) is 458 Å². The Kier molecular flexibility index (Phi) is 73.1. The Morgan fingerprint density at radius 1 is 0.284 bits per heavy atom. The summed E-state index contributed by atoms with van der Waals surface area (Å²) in [6.45, 7) is 9.66. The molecular weight excluding hydrogens is 1330 g/mol. The van der Waals surface area contributed by atoms with Crippen LogP contribution in [0.25, 0.3) is 0 Å². The first-order valence-corrected chi connectivity index (χ1v) is 46.0. The fourth-order valence-electron chi connectivity index (χ4n) is 12.9. The van der Waals surface area contributed by atoms with Crippen molar-refractivity contribution >= 4 is 39.5 Å². The van der Waals surface area contributed by atoms with E-state index in [4.69, 9.17) is 37.0 Å². The van der Waals surface area contributed by atoms with Crippen molar-refractivity contribution in [1.82, 2.24) is 0 Å². The molecule has 0 rings (SSSR count). The zero-order valence-corrected chi connectivity index (χ0v) is 68.7. The average Bonchev–Trinajstić information content (AvgIpc) is 0.965. The van der Waals surface area contributed by atoms with Crippen LogP contribution in [0.2, 0.25) is 0 Å². The predicted octanol–water partition coefficient (Wildman–Crippen LogP) is 25.1. The average molecular weight is 1490 g/mol. The van der Waals surface area contributed by atoms with Gasteiger partial charge in [-0.25, -0.2) is 9.13 Å². The van der Waals surface area contributed by atoms with Crippen molar-refractivity contribution in [2.75, 3.05) is 39.6 Å². The lowest BCUT2D eigenvalue weighted by Crippen LogP contribution is -2.30. The van der Waals surface area contributed by atoms with Crippen LogP contribution in [-0.4, -0.2) is 96.7 Å². The number of carbonyl (C=O) groups excluding carboxylic acids is 4. The number of esters is 4. The summed E-state index contributed by atoms with van der Waals surface area (Å²) < 4.78 is 68.7. The molecule has 0 saturated carbocycles. The molecule has 0 aliphatic heterocycles. The van der Waals surface area contributed by atoms with Crippen molar-refractivity contribution in [2.24, 2.45) is 11.8 Å². The van der Waals surface area contributed by atoms with Crippen molar-refractivity contribution in [3.8, 4) is 0 Å². The van der Waals surface area contributed by atoms with E-state index < -0.39 is 97.5 Å². The molecule has 0 spiro atoms. The Bertz CT molecular complexity index is 1960. The van der Waals surface area contributed by atoms with Gasteiger partial charge in [0.05, 0.1) is 26.4 Å². The number of hydrogen-bond donors (Lipinski definition) is 3. The first kappa shape index (κ1) is 100. The molecule has 0 aromatic heterocycles. The highest BCUT2D eigenvalue weighted by Crippen LogP contribution is 2.45. The topological polar surface area (TPSA) is 237 Å². The third-order valence-electron chi connectivity index (χ3n) is 19.8. The number of hydrogen-bond acceptors (Lipinski definition) is 15. The van der Waals surface area contributed by atoms with Crippen LogP contribution < -0.4 is 0 Å². The Morgan fingerprint density at radius 3 is 0.745 bits per heavy atom. The van der Waals surface area contributed by atoms with Gasteiger partial charge in [0.25, 0.3) is 0 Å². The molecule has 102 heavy (non-hydrogen) atoms. The minimum absolute atomic E-state index is 0.107. The van der Waals surface area contributed by atoms with Crippen LogP contribution >= 0.6 is 15.6 Å². The third-order valence-corrected chi connectivity index (χ3v) is 21.7. The largest absolute Gasteiger partial charge is 0.472 e. The maximum Gasteiger partial charge on any atom is 0.472 e. The quantitative estimate of drug-likeness (QED) is 0.0222. The van der Waals surface area contributed by atoms with Gasteiger partial charge < -0.3 is 33.8 Å². The van der Waals surface area contributed by atoms with Gasteiger partial charge in [-0.1, -0.05) is 388 Å². The SMILES string of the molecule is CCCCCCCCCCCCCCCCCCCCCCCCC(=O)O[C@H](COC(=O)CCCCCCCCCCCCCCCCC(C)CC)COP(=O)(O)OC[C@@H](O)COP(=O)(O)OC[C@@H](COC(=O)CCCCCCCCC)OC(=O)CCCCCCCCCCCCCCC(C)C. The smallest absolute Gasteiger partial charge is 0.462 e. The molecule has 6 atom stereocenters. The number of aliphatic hydroxyl groups excluding tert-OH is 1. The van der Waals surface area contributed by atoms with E-state index in [2.05, 4.69) is 41.5 Å². The number of phosphoric acid groups is 2. The van der Waals surface area contributed by atoms with Gasteiger partial charge in [0.2, 0.25) is 0 Å². The van der Waals surface area contributed by atoms with Gasteiger partial charge in [0.1, 0.15) is 19.3 Å². The lowest BCUT2D eigenvalue weighted by atomic mass is 9.99. The predicted molar refractivity (Wildman–Crippen MR) is 418 cm³/mol. The van der Waals surface area contributed by atoms with Gasteiger partial charge in [-0.3, -0.25) is 37.3 Å². The van der Waals surface area contributed by atoms with Gasteiger partial charge in [-0.2, -0.15) is 0 Å². The summed E-state index contributed by atoms with van der Waals surface area (Å²) >= 11 is 0. The van der Waals surface area contributed by atoms with Crippen LogP contribution in [0.5, 0.6) is 0 Å². The molecule has 0 bridgehead atoms. The van der Waals surface area contributed by atoms with Crippen LogP contribution in [0.4, 0.5) is 0 Å². The van der Waals surface area contributed by atoms with Crippen LogP contribution in [0.15, 0.2) is 0 Å². The normalized spacial score (nSPS) is 14.1. The number of carbonyl (C=O) groups is 4. The van der Waals surface area contributed by atoms with E-state index in [1.54, 1.807) is 0 Å². The van der Waals surface area contributed by atoms with Crippen LogP contribution in [0, 0.1) is 11.8 Å². The summed E-state index contributed by atoms with van der Waals surface area (Å²) in [6.07, 6.45) is 65.4. The number of phosphoric ester groups is 2. The monoisotopic (exact) mass is 1490 g/mol. The number of rotatable bonds is 82. The zero-order valence-electron chi connectivity index (χ0n) is 66.9. The minimum atomic E-state index is -4.96. The summed E-state index contributed by atoms with van der Waals surface area (Å²) in [5, 5.41) is 10.6. The number of aliphatic hydroxyl groups is 1. The fraction of sp³-hybridized carbons (Fsp3) is 0.952. The van der Waals surface area contributed by atoms with E-state index in [0.29, 0.717) is 25.7 Å². The Hall–Kier alpha value is -1.94. The summed E-state index contributed by atoms with van der Waals surface area (Å²) in [5.74, 6) is -0.485. The second-order valence-corrected chi connectivity index (χ2v) is 33.5. The molecule has 0 amide bonds. The maximum absolute atomic E-state index is 13.1. The Labute approximate surface area is 626 Å². The van der Waals surface area contributed by atoms with Crippen LogP contribution in [0.1, 0.15) is 440 Å². The molecule has 0 saturated heterocycles. The molecule has 606 valence electrons. The highest BCUT2D eigenvalue weighted by Gasteiger charge is 2.30. The van der Waals surface area contributed by atoms with Gasteiger partial charge in [-0.05, 0) is 37.5 Å². The summed E-state index contributed by atoms with van der Waals surface area (Å²) in [7, 11) is -9.92. The van der Waals surface area contributed by atoms with Gasteiger partial charge in [-0.15, -0.1) is 0 Å². The summed E-state index contributed by atoms with van der Waals surface area (Å²) in [4.78, 5) is 72.9. The lowest BCUT2D eigenvalue weighted by molar-refractivity contribution is -0.161. The van der Waals surface area contributed by atoms with Gasteiger partial charge in [0.15, 0.2) is 12.2 Å². The van der Waals surface area contributed by atoms with E-state index in [0.717, 1.165) is 115 Å². The van der Waals surface area contributed by atoms with Gasteiger partial charge in [0, 0.05) is 25.7 Å². The van der Waals surface area contributed by atoms with Crippen molar-refractivity contribution < 1.29 is 80.2 Å². The fourth-order valence-corrected chi connectivity index (χ4v) is 14.4. The molecular formula is C83H162O17P2. The van der Waals surface area contributed by atoms with Crippen molar-refractivity contribution in [1.29, 1.82) is 0 Å². The molecule has 0 heterocycles. The van der Waals surface area contributed by atoms with Crippen LogP contribution in [-0.2, 0) is 65.4 Å². The van der Waals surface area contributed by atoms with Crippen molar-refractivity contribution in [3.63, 3.8) is 0 Å². The van der Waals surface area contributed by atoms with E-state index in [1.807, 2.05) is 0 Å². The first-order valence-electron chi connectivity index (χ1n) is 43.0. The number of ether oxygens (including phenoxy) is 4. The molecule has 3 unspecified atom stereocenters. The molecule has 17 nitrogen and oxygen atoms in total. The summed E-state index contributed by atoms with van der Waals surface area (Å²) in [5.41, 5.74) is 0. The third kappa shape index (κ3) is 74.9. The van der Waals surface area contributed by atoms with Gasteiger partial charge >= 0.3 is 39.5 Å². The van der Waals surface area contributed by atoms with E-state index >= 15 is 0 Å². The molecule has 0 fully saturated rings. The van der Waals surface area contributed by atoms with E-state index in [1.165, 1.54) is 244 Å². The zero-order chi connectivity index (χ0) is 74.9. The second-order valence-electron chi connectivity index (χ2n) is 30.6. The van der Waals surface area contributed by atoms with E-state index in [9.17, 15) is 43.2 Å². The van der Waals surface area contributed by atoms with Crippen molar-refractivity contribution in [3.05, 3.63) is 0 Å². The standard InChI is InChI=1S/C83H162O17P2/c1-7-10-12-14-16-17-18-19-20-21-22-23-24-25-26-27-32-38-43-49-55-61-67-83(88)100-79(72-94-81(86)66-60-54-48-42-37-31-29-28-30-36-41-47-52-58-64-76(6)9-3)74-98-102(91,92)96-70-77(84)69-95-101(89,90)97-73-78(71-93-80(85)65-59-53-45-15-13-11-8-2)99-82(87)68-62-56-50-44-39-34-33-35-40-46-51-57-63-75(4)5/h75-79,84H,7-74H2,1-6H3,(H,89,90)(H,91,92)/t76?,77-,78+,79+/m0/s1. The van der Waals surface area contributed by atoms with E-state index in [-0.39, 0.29) is 25.7 Å². The Morgan fingerprint density at radius 2 is 0.500 bits per heavy atom. The minimum Gasteiger partial charge on any atom is -0.462 e. The molecule has 0 radical (unpaired) electrons. The molecule has 19 heteroatoms. The molecule has 0 aliphatic carbocycles. The molecule has 0 aromatic carbocycles. The Balaban J connectivity index is 5.17. The van der Waals surface area contributed by atoms with Crippen LogP contribution in [0.3, 0.4) is 0 Å². The number of unbranched alkanes of at least 4 members (excludes halogenated alkanes) is 51. The summed E-state index contributed by atoms with van der Waals surface area (Å²) in [6, 6.07) is 0. The molecule has 0 aromatic rings. The first-order chi connectivity index (χ1) is 49.4. The highest BCUT2D eigenvalue weighted by molar-refractivity contribution is 7.47. The highest BCUT2D eigenvalue weighted by atomic mass is 31.2. The maximum atomic E-state index is 13.1. The molecule has 3 N–H and O–H groups in total. The second kappa shape index (κ2) is 74.5. The lowest BCUT2D eigenvalue weighted by Gasteiger charge is -2.21. The molecule has 0 aliphatic rings.